The molecule has 0 aliphatic heterocycles. The van der Waals surface area contributed by atoms with Crippen molar-refractivity contribution >= 4 is 23.4 Å². The van der Waals surface area contributed by atoms with Gasteiger partial charge in [-0.2, -0.15) is 5.10 Å². The van der Waals surface area contributed by atoms with Crippen LogP contribution in [0, 0.1) is 24.6 Å². The van der Waals surface area contributed by atoms with E-state index in [1.54, 1.807) is 25.3 Å². The van der Waals surface area contributed by atoms with Crippen LogP contribution in [0.2, 0.25) is 0 Å². The molecule has 9 nitrogen and oxygen atoms in total. The Morgan fingerprint density at radius 3 is 2.50 bits per heavy atom. The zero-order valence-corrected chi connectivity index (χ0v) is 20.2. The number of nitrogens with one attached hydrogen (secondary N) is 2. The topological polar surface area (TPSA) is 144 Å². The quantitative estimate of drug-likeness (QED) is 0.345. The maximum Gasteiger partial charge on any atom is 0.256 e. The molecule has 0 saturated heterocycles. The number of nitrogens with zero attached hydrogens (tertiary/aromatic N) is 2. The molecule has 1 aliphatic carbocycles. The number of benzene rings is 1. The van der Waals surface area contributed by atoms with Crippen molar-refractivity contribution in [3.05, 3.63) is 53.2 Å². The molecule has 1 fully saturated rings. The Kier molecular flexibility index (Phi) is 7.92. The van der Waals surface area contributed by atoms with E-state index in [1.165, 1.54) is 12.1 Å². The molecule has 190 valence electrons. The highest BCUT2D eigenvalue weighted by molar-refractivity contribution is 6.02. The highest BCUT2D eigenvalue weighted by Gasteiger charge is 2.27. The molecule has 2 atom stereocenters. The van der Waals surface area contributed by atoms with Gasteiger partial charge in [0.05, 0.1) is 11.3 Å². The highest BCUT2D eigenvalue weighted by atomic mass is 19.1. The third kappa shape index (κ3) is 5.87. The van der Waals surface area contributed by atoms with E-state index in [0.29, 0.717) is 35.9 Å². The first-order chi connectivity index (χ1) is 17.3. The van der Waals surface area contributed by atoms with E-state index in [9.17, 15) is 18.8 Å². The van der Waals surface area contributed by atoms with Crippen LogP contribution >= 0.6 is 0 Å². The van der Waals surface area contributed by atoms with Gasteiger partial charge in [0.25, 0.3) is 5.91 Å². The Morgan fingerprint density at radius 2 is 1.86 bits per heavy atom. The normalized spacial score (nSPS) is 17.6. The number of halogens is 1. The summed E-state index contributed by atoms with van der Waals surface area (Å²) in [7, 11) is 0. The van der Waals surface area contributed by atoms with Gasteiger partial charge in [0.2, 0.25) is 5.91 Å². The van der Waals surface area contributed by atoms with Gasteiger partial charge in [-0.3, -0.25) is 19.5 Å². The molecule has 10 heteroatoms. The van der Waals surface area contributed by atoms with Gasteiger partial charge in [-0.05, 0) is 49.8 Å². The van der Waals surface area contributed by atoms with Gasteiger partial charge in [-0.1, -0.05) is 36.9 Å². The number of aromatic amines is 1. The summed E-state index contributed by atoms with van der Waals surface area (Å²) in [6.45, 7) is 1.55. The molecule has 2 unspecified atom stereocenters. The smallest absolute Gasteiger partial charge is 0.256 e. The van der Waals surface area contributed by atoms with Crippen LogP contribution in [-0.4, -0.2) is 33.0 Å². The minimum Gasteiger partial charge on any atom is -0.365 e. The van der Waals surface area contributed by atoms with E-state index in [1.807, 2.05) is 0 Å². The average Bonchev–Trinajstić information content (AvgIpc) is 3.52. The van der Waals surface area contributed by atoms with E-state index in [4.69, 9.17) is 10.3 Å². The number of ketones is 1. The molecule has 2 heterocycles. The fourth-order valence-corrected chi connectivity index (χ4v) is 5.08. The van der Waals surface area contributed by atoms with Crippen molar-refractivity contribution in [2.24, 2.45) is 17.6 Å². The third-order valence-corrected chi connectivity index (χ3v) is 7.00. The number of Topliss-reactive ketones (excluding diaryl/α,β-unsaturated/α-hetero) is 1. The Balaban J connectivity index is 1.31. The Morgan fingerprint density at radius 1 is 1.14 bits per heavy atom. The van der Waals surface area contributed by atoms with E-state index in [0.717, 1.165) is 25.7 Å². The molecule has 1 aromatic carbocycles. The number of primary amides is 1. The molecular weight excluding hydrogens is 465 g/mol. The predicted molar refractivity (Wildman–Crippen MR) is 131 cm³/mol. The summed E-state index contributed by atoms with van der Waals surface area (Å²) >= 11 is 0. The SMILES string of the molecule is Cc1onc(NC(=O)CCC2CCCCC2CCC(=O)c2ccc(-c3ccn[nH]3)cc2F)c1C(N)=O. The van der Waals surface area contributed by atoms with E-state index in [2.05, 4.69) is 20.7 Å². The monoisotopic (exact) mass is 495 g/mol. The fourth-order valence-electron chi connectivity index (χ4n) is 5.08. The first kappa shape index (κ1) is 25.3. The number of hydrogen-bond acceptors (Lipinski definition) is 6. The van der Waals surface area contributed by atoms with Crippen LogP contribution in [0.15, 0.2) is 35.0 Å². The maximum atomic E-state index is 14.7. The van der Waals surface area contributed by atoms with E-state index < -0.39 is 11.7 Å². The zero-order valence-electron chi connectivity index (χ0n) is 20.2. The molecule has 4 rings (SSSR count). The number of aryl methyl sites for hydroxylation is 1. The van der Waals surface area contributed by atoms with Gasteiger partial charge in [-0.15, -0.1) is 0 Å². The number of aromatic nitrogens is 3. The lowest BCUT2D eigenvalue weighted by atomic mass is 9.74. The van der Waals surface area contributed by atoms with Gasteiger partial charge in [-0.25, -0.2) is 4.39 Å². The molecule has 1 aliphatic rings. The second-order valence-corrected chi connectivity index (χ2v) is 9.34. The molecule has 4 N–H and O–H groups in total. The molecule has 1 saturated carbocycles. The summed E-state index contributed by atoms with van der Waals surface area (Å²) < 4.78 is 19.6. The minimum atomic E-state index is -0.714. The molecule has 2 aromatic heterocycles. The van der Waals surface area contributed by atoms with Crippen LogP contribution in [0.4, 0.5) is 10.2 Å². The molecule has 0 spiro atoms. The molecule has 0 bridgehead atoms. The largest absolute Gasteiger partial charge is 0.365 e. The highest BCUT2D eigenvalue weighted by Crippen LogP contribution is 2.36. The summed E-state index contributed by atoms with van der Waals surface area (Å²) in [6.07, 6.45) is 7.52. The third-order valence-electron chi connectivity index (χ3n) is 7.00. The van der Waals surface area contributed by atoms with Gasteiger partial charge < -0.3 is 15.6 Å². The first-order valence-electron chi connectivity index (χ1n) is 12.2. The van der Waals surface area contributed by atoms with Crippen molar-refractivity contribution in [2.45, 2.75) is 58.3 Å². The van der Waals surface area contributed by atoms with Crippen molar-refractivity contribution in [1.29, 1.82) is 0 Å². The van der Waals surface area contributed by atoms with Crippen LogP contribution in [0.25, 0.3) is 11.3 Å². The molecular formula is C26H30FN5O4. The lowest BCUT2D eigenvalue weighted by Crippen LogP contribution is -2.23. The molecule has 2 amide bonds. The van der Waals surface area contributed by atoms with Gasteiger partial charge in [0.1, 0.15) is 17.1 Å². The first-order valence-corrected chi connectivity index (χ1v) is 12.2. The van der Waals surface area contributed by atoms with Crippen molar-refractivity contribution in [3.63, 3.8) is 0 Å². The summed E-state index contributed by atoms with van der Waals surface area (Å²) in [5, 5.41) is 13.0. The van der Waals surface area contributed by atoms with E-state index in [-0.39, 0.29) is 47.2 Å². The number of carbonyl (C=O) groups excluding carboxylic acids is 3. The number of anilines is 1. The van der Waals surface area contributed by atoms with Crippen LogP contribution in [0.3, 0.4) is 0 Å². The van der Waals surface area contributed by atoms with Crippen molar-refractivity contribution in [2.75, 3.05) is 5.32 Å². The van der Waals surface area contributed by atoms with Crippen molar-refractivity contribution < 1.29 is 23.3 Å². The number of H-pyrrole nitrogens is 1. The second kappa shape index (κ2) is 11.3. The summed E-state index contributed by atoms with van der Waals surface area (Å²) in [5.41, 5.74) is 6.83. The lowest BCUT2D eigenvalue weighted by Gasteiger charge is -2.31. The Labute approximate surface area is 208 Å². The molecule has 0 radical (unpaired) electrons. The lowest BCUT2D eigenvalue weighted by molar-refractivity contribution is -0.116. The van der Waals surface area contributed by atoms with Gasteiger partial charge in [0, 0.05) is 24.6 Å². The Bertz CT molecular complexity index is 1240. The van der Waals surface area contributed by atoms with Crippen molar-refractivity contribution in [3.8, 4) is 11.3 Å². The summed E-state index contributed by atoms with van der Waals surface area (Å²) in [4.78, 5) is 36.9. The van der Waals surface area contributed by atoms with Crippen LogP contribution in [0.1, 0.15) is 77.8 Å². The summed E-state index contributed by atoms with van der Waals surface area (Å²) in [6, 6.07) is 6.33. The van der Waals surface area contributed by atoms with Crippen LogP contribution in [0.5, 0.6) is 0 Å². The van der Waals surface area contributed by atoms with Gasteiger partial charge >= 0.3 is 0 Å². The maximum absolute atomic E-state index is 14.7. The van der Waals surface area contributed by atoms with Gasteiger partial charge in [0.15, 0.2) is 11.6 Å². The van der Waals surface area contributed by atoms with Crippen LogP contribution < -0.4 is 11.1 Å². The number of nitrogens with two attached hydrogens (primary N) is 1. The number of rotatable bonds is 10. The zero-order chi connectivity index (χ0) is 25.7. The second-order valence-electron chi connectivity index (χ2n) is 9.34. The molecule has 3 aromatic rings. The predicted octanol–water partition coefficient (Wildman–Crippen LogP) is 4.80. The number of hydrogen-bond donors (Lipinski definition) is 3. The Hall–Kier alpha value is -3.82. The average molecular weight is 496 g/mol. The molecule has 36 heavy (non-hydrogen) atoms. The number of amides is 2. The number of carbonyl (C=O) groups is 3. The van der Waals surface area contributed by atoms with Crippen LogP contribution in [-0.2, 0) is 4.79 Å². The van der Waals surface area contributed by atoms with Crippen molar-refractivity contribution in [1.82, 2.24) is 15.4 Å². The standard InChI is InChI=1S/C26H30FN5O4/c1-15-24(25(28)35)26(32-36-15)30-23(34)11-8-17-5-3-2-4-16(17)7-10-22(33)19-9-6-18(14-20(19)27)21-12-13-29-31-21/h6,9,12-14,16-17H,2-5,7-8,10-11H2,1H3,(H2,28,35)(H,29,31)(H,30,32,34). The fraction of sp³-hybridized carbons (Fsp3) is 0.423. The minimum absolute atomic E-state index is 0.0383. The summed E-state index contributed by atoms with van der Waals surface area (Å²) in [5.74, 6) is -0.871. The van der Waals surface area contributed by atoms with E-state index >= 15 is 0 Å².